The van der Waals surface area contributed by atoms with Crippen molar-refractivity contribution >= 4 is 24.6 Å². The van der Waals surface area contributed by atoms with Crippen molar-refractivity contribution in [2.75, 3.05) is 12.4 Å². The van der Waals surface area contributed by atoms with Gasteiger partial charge in [-0.2, -0.15) is 12.6 Å². The number of carboxylic acid groups (broad SMARTS) is 1. The number of carbonyl (C=O) groups excluding carboxylic acids is 1. The van der Waals surface area contributed by atoms with Crippen LogP contribution >= 0.6 is 12.6 Å². The predicted molar refractivity (Wildman–Crippen MR) is 98.6 cm³/mol. The van der Waals surface area contributed by atoms with Crippen molar-refractivity contribution in [1.82, 2.24) is 0 Å². The second-order valence-corrected chi connectivity index (χ2v) is 7.27. The Morgan fingerprint density at radius 2 is 1.83 bits per heavy atom. The van der Waals surface area contributed by atoms with E-state index in [0.717, 1.165) is 19.3 Å². The zero-order valence-electron chi connectivity index (χ0n) is 15.8. The highest BCUT2D eigenvalue weighted by molar-refractivity contribution is 7.80. The van der Waals surface area contributed by atoms with Gasteiger partial charge in [-0.15, -0.1) is 0 Å². The van der Waals surface area contributed by atoms with Crippen LogP contribution in [0.4, 0.5) is 0 Å². The summed E-state index contributed by atoms with van der Waals surface area (Å²) in [5.74, 6) is -0.836. The van der Waals surface area contributed by atoms with Gasteiger partial charge in [0.2, 0.25) is 0 Å². The highest BCUT2D eigenvalue weighted by Gasteiger charge is 2.35. The second kappa shape index (κ2) is 11.0. The summed E-state index contributed by atoms with van der Waals surface area (Å²) in [6.07, 6.45) is 3.46. The molecule has 0 aliphatic heterocycles. The highest BCUT2D eigenvalue weighted by atomic mass is 32.1. The lowest BCUT2D eigenvalue weighted by Gasteiger charge is -2.37. The molecule has 24 heavy (non-hydrogen) atoms. The Morgan fingerprint density at radius 3 is 2.29 bits per heavy atom. The highest BCUT2D eigenvalue weighted by Crippen LogP contribution is 2.29. The fourth-order valence-electron chi connectivity index (χ4n) is 2.29. The molecule has 0 fully saturated rings. The van der Waals surface area contributed by atoms with Crippen LogP contribution in [0.25, 0.3) is 0 Å². The van der Waals surface area contributed by atoms with Crippen molar-refractivity contribution in [1.29, 1.82) is 0 Å². The summed E-state index contributed by atoms with van der Waals surface area (Å²) in [4.78, 5) is 22.5. The number of hydrogen-bond acceptors (Lipinski definition) is 5. The van der Waals surface area contributed by atoms with Gasteiger partial charge in [0.15, 0.2) is 0 Å². The van der Waals surface area contributed by atoms with Gasteiger partial charge >= 0.3 is 11.9 Å². The molecule has 0 rings (SSSR count). The number of hydrogen-bond donors (Lipinski definition) is 2. The second-order valence-electron chi connectivity index (χ2n) is 6.96. The number of aliphatic carboxylic acids is 1. The van der Waals surface area contributed by atoms with E-state index in [0.29, 0.717) is 18.8 Å². The van der Waals surface area contributed by atoms with Gasteiger partial charge in [0.1, 0.15) is 5.60 Å². The molecule has 0 spiro atoms. The molecule has 0 bridgehead atoms. The molecule has 0 aliphatic rings. The smallest absolute Gasteiger partial charge is 0.306 e. The Labute approximate surface area is 151 Å². The summed E-state index contributed by atoms with van der Waals surface area (Å²) in [7, 11) is 0. The summed E-state index contributed by atoms with van der Waals surface area (Å²) < 4.78 is 11.7. The Balaban J connectivity index is 4.67. The van der Waals surface area contributed by atoms with Gasteiger partial charge in [-0.1, -0.05) is 33.6 Å². The fraction of sp³-hybridized carbons (Fsp3) is 0.889. The molecule has 0 saturated heterocycles. The lowest BCUT2D eigenvalue weighted by molar-refractivity contribution is -0.170. The molecule has 0 heterocycles. The Morgan fingerprint density at radius 1 is 1.21 bits per heavy atom. The minimum absolute atomic E-state index is 0.00267. The van der Waals surface area contributed by atoms with Crippen LogP contribution in [-0.4, -0.2) is 40.6 Å². The minimum Gasteiger partial charge on any atom is -0.481 e. The standard InChI is InChI=1S/C18H34O5S/c1-6-8-11-17(4,13-24)22-12-14(3)18(5,7-2)23-16(21)10-9-15(19)20/h14,24H,6-13H2,1-5H3,(H,19,20). The van der Waals surface area contributed by atoms with Gasteiger partial charge in [-0.05, 0) is 26.7 Å². The molecule has 5 nitrogen and oxygen atoms in total. The maximum Gasteiger partial charge on any atom is 0.306 e. The van der Waals surface area contributed by atoms with Gasteiger partial charge in [0, 0.05) is 11.7 Å². The number of ether oxygens (including phenoxy) is 2. The van der Waals surface area contributed by atoms with E-state index in [9.17, 15) is 9.59 Å². The van der Waals surface area contributed by atoms with E-state index >= 15 is 0 Å². The fourth-order valence-corrected chi connectivity index (χ4v) is 2.54. The topological polar surface area (TPSA) is 72.8 Å². The van der Waals surface area contributed by atoms with E-state index in [1.165, 1.54) is 0 Å². The first kappa shape index (κ1) is 23.2. The van der Waals surface area contributed by atoms with E-state index in [2.05, 4.69) is 26.5 Å². The van der Waals surface area contributed by atoms with Crippen LogP contribution in [0.3, 0.4) is 0 Å². The van der Waals surface area contributed by atoms with Crippen molar-refractivity contribution in [2.24, 2.45) is 5.92 Å². The molecule has 0 radical (unpaired) electrons. The monoisotopic (exact) mass is 362 g/mol. The number of esters is 1. The number of unbranched alkanes of at least 4 members (excludes halogenated alkanes) is 1. The van der Waals surface area contributed by atoms with Gasteiger partial charge in [0.05, 0.1) is 25.0 Å². The summed E-state index contributed by atoms with van der Waals surface area (Å²) in [6.45, 7) is 10.5. The van der Waals surface area contributed by atoms with E-state index in [1.54, 1.807) is 0 Å². The van der Waals surface area contributed by atoms with Gasteiger partial charge in [-0.25, -0.2) is 0 Å². The van der Waals surface area contributed by atoms with Crippen LogP contribution in [0.5, 0.6) is 0 Å². The van der Waals surface area contributed by atoms with Crippen LogP contribution < -0.4 is 0 Å². The molecule has 0 amide bonds. The van der Waals surface area contributed by atoms with Crippen LogP contribution in [0.2, 0.25) is 0 Å². The summed E-state index contributed by atoms with van der Waals surface area (Å²) in [5.41, 5.74) is -0.951. The SMILES string of the molecule is CCCCC(C)(CS)OCC(C)C(C)(CC)OC(=O)CCC(=O)O. The molecular weight excluding hydrogens is 328 g/mol. The van der Waals surface area contributed by atoms with E-state index in [-0.39, 0.29) is 24.4 Å². The lowest BCUT2D eigenvalue weighted by atomic mass is 9.88. The van der Waals surface area contributed by atoms with Crippen LogP contribution in [0, 0.1) is 5.92 Å². The van der Waals surface area contributed by atoms with Crippen LogP contribution in [0.15, 0.2) is 0 Å². The predicted octanol–water partition coefficient (Wildman–Crippen LogP) is 4.09. The van der Waals surface area contributed by atoms with E-state index in [1.807, 2.05) is 20.8 Å². The Bertz CT molecular complexity index is 401. The summed E-state index contributed by atoms with van der Waals surface area (Å²) >= 11 is 4.41. The summed E-state index contributed by atoms with van der Waals surface area (Å²) in [5, 5.41) is 8.66. The quantitative estimate of drug-likeness (QED) is 0.381. The minimum atomic E-state index is -0.998. The first-order valence-corrected chi connectivity index (χ1v) is 9.44. The van der Waals surface area contributed by atoms with Crippen molar-refractivity contribution in [3.63, 3.8) is 0 Å². The summed E-state index contributed by atoms with van der Waals surface area (Å²) in [6, 6.07) is 0. The maximum absolute atomic E-state index is 11.9. The van der Waals surface area contributed by atoms with Gasteiger partial charge < -0.3 is 14.6 Å². The van der Waals surface area contributed by atoms with E-state index in [4.69, 9.17) is 14.6 Å². The Hall–Kier alpha value is -0.750. The third-order valence-corrected chi connectivity index (χ3v) is 5.38. The molecule has 3 atom stereocenters. The molecule has 0 aliphatic carbocycles. The van der Waals surface area contributed by atoms with Crippen molar-refractivity contribution in [2.45, 2.75) is 84.3 Å². The molecule has 0 aromatic rings. The molecule has 0 aromatic carbocycles. The first-order chi connectivity index (χ1) is 11.1. The normalized spacial score (nSPS) is 17.6. The van der Waals surface area contributed by atoms with Crippen LogP contribution in [-0.2, 0) is 19.1 Å². The number of rotatable bonds is 13. The van der Waals surface area contributed by atoms with Crippen molar-refractivity contribution in [3.8, 4) is 0 Å². The third kappa shape index (κ3) is 8.38. The zero-order chi connectivity index (χ0) is 18.8. The lowest BCUT2D eigenvalue weighted by Crippen LogP contribution is -2.42. The average Bonchev–Trinajstić information content (AvgIpc) is 2.55. The van der Waals surface area contributed by atoms with E-state index < -0.39 is 17.5 Å². The molecule has 142 valence electrons. The van der Waals surface area contributed by atoms with Crippen LogP contribution in [0.1, 0.15) is 73.1 Å². The average molecular weight is 363 g/mol. The van der Waals surface area contributed by atoms with Crippen molar-refractivity contribution < 1.29 is 24.2 Å². The molecular formula is C18H34O5S. The number of carbonyl (C=O) groups is 2. The molecule has 0 aromatic heterocycles. The largest absolute Gasteiger partial charge is 0.481 e. The number of carboxylic acids is 1. The molecule has 1 N–H and O–H groups in total. The first-order valence-electron chi connectivity index (χ1n) is 8.81. The molecule has 3 unspecified atom stereocenters. The molecule has 0 saturated carbocycles. The molecule has 6 heteroatoms. The zero-order valence-corrected chi connectivity index (χ0v) is 16.7. The third-order valence-electron chi connectivity index (χ3n) is 4.71. The maximum atomic E-state index is 11.9. The van der Waals surface area contributed by atoms with Crippen molar-refractivity contribution in [3.05, 3.63) is 0 Å². The Kier molecular flexibility index (Phi) is 10.6. The number of thiol groups is 1. The van der Waals surface area contributed by atoms with Gasteiger partial charge in [-0.3, -0.25) is 9.59 Å². The van der Waals surface area contributed by atoms with Gasteiger partial charge in [0.25, 0.3) is 0 Å².